The molecule has 3 aliphatic rings. The van der Waals surface area contributed by atoms with E-state index in [9.17, 15) is 28.8 Å². The minimum absolute atomic E-state index is 0.134. The summed E-state index contributed by atoms with van der Waals surface area (Å²) in [6.45, 7) is 5.06. The number of likely N-dealkylation sites (tertiary alicyclic amines) is 1. The van der Waals surface area contributed by atoms with Crippen LogP contribution in [0.15, 0.2) is 82.4 Å². The number of aromatic nitrogens is 6. The van der Waals surface area contributed by atoms with E-state index >= 15 is 0 Å². The Morgan fingerprint density at radius 3 is 2.26 bits per heavy atom. The number of aryl methyl sites for hydroxylation is 2. The maximum atomic E-state index is 14.3. The number of carbonyl (C=O) groups is 4. The number of hydrogen-bond acceptors (Lipinski definition) is 10. The number of benzene rings is 3. The highest BCUT2D eigenvalue weighted by atomic mass is 16.2. The van der Waals surface area contributed by atoms with Crippen molar-refractivity contribution in [3.8, 4) is 11.8 Å². The molecule has 0 spiro atoms. The molecular weight excluding hydrogens is 789 g/mol. The smallest absolute Gasteiger partial charge is 0.332 e. The number of rotatable bonds is 8. The highest BCUT2D eigenvalue weighted by molar-refractivity contribution is 6.21. The van der Waals surface area contributed by atoms with E-state index in [4.69, 9.17) is 4.98 Å². The number of carbonyl (C=O) groups excluding carboxylic acids is 4. The van der Waals surface area contributed by atoms with E-state index in [1.807, 2.05) is 36.1 Å². The SMILES string of the molecule is CC#CCn1c(N2CCC[C@@H](NC(=O)c3ccccc3C(=O)N3CCC[C@@H](N4C(=O)c5ccccc5C4=O)C3)C2)nc2c1c(=O)n(Cc1nc(C)c3ccccc3n1)c(=O)n2C. The molecule has 6 aromatic rings. The lowest BCUT2D eigenvalue weighted by molar-refractivity contribution is 0.0433. The number of nitrogens with zero attached hydrogens (tertiary/aromatic N) is 9. The van der Waals surface area contributed by atoms with E-state index in [0.717, 1.165) is 15.6 Å². The molecule has 6 heterocycles. The summed E-state index contributed by atoms with van der Waals surface area (Å²) in [4.78, 5) is 102. The Labute approximate surface area is 355 Å². The number of fused-ring (bicyclic) bond motifs is 3. The maximum Gasteiger partial charge on any atom is 0.332 e. The first-order valence-electron chi connectivity index (χ1n) is 20.8. The van der Waals surface area contributed by atoms with Crippen LogP contribution in [0.2, 0.25) is 0 Å². The second kappa shape index (κ2) is 16.2. The van der Waals surface area contributed by atoms with Crippen molar-refractivity contribution >= 4 is 51.6 Å². The van der Waals surface area contributed by atoms with Crippen molar-refractivity contribution < 1.29 is 19.2 Å². The third-order valence-electron chi connectivity index (χ3n) is 12.1. The van der Waals surface area contributed by atoms with Crippen LogP contribution in [-0.4, -0.2) is 100 Å². The number of piperidine rings is 2. The zero-order valence-electron chi connectivity index (χ0n) is 34.6. The molecule has 16 heteroatoms. The largest absolute Gasteiger partial charge is 0.348 e. The molecule has 2 fully saturated rings. The first-order valence-corrected chi connectivity index (χ1v) is 20.8. The lowest BCUT2D eigenvalue weighted by atomic mass is 10.00. The summed E-state index contributed by atoms with van der Waals surface area (Å²) in [5.74, 6) is 5.25. The predicted molar refractivity (Wildman–Crippen MR) is 231 cm³/mol. The van der Waals surface area contributed by atoms with Gasteiger partial charge in [-0.3, -0.25) is 42.6 Å². The Balaban J connectivity index is 0.952. The molecule has 0 unspecified atom stereocenters. The highest BCUT2D eigenvalue weighted by Gasteiger charge is 2.42. The molecule has 2 atom stereocenters. The molecule has 1 N–H and O–H groups in total. The standard InChI is InChI=1S/C46H44N10O6/c1-4-5-24-54-38-39(51(3)46(62)55(44(38)61)27-37-47-28(2)31-16-10-11-21-36(31)49-37)50-45(54)53-23-12-14-29(25-53)48-40(57)32-17-6-7-18-33(32)41(58)52-22-13-15-30(26-52)56-42(59)34-19-8-9-20-35(34)43(56)60/h6-11,16-21,29-30H,12-15,22-27H2,1-3H3,(H,48,57)/t29-,30-/m1/s1. The minimum atomic E-state index is -0.560. The molecule has 62 heavy (non-hydrogen) atoms. The second-order valence-electron chi connectivity index (χ2n) is 15.9. The van der Waals surface area contributed by atoms with Gasteiger partial charge in [0.05, 0.1) is 46.9 Å². The van der Waals surface area contributed by atoms with Gasteiger partial charge < -0.3 is 15.1 Å². The Morgan fingerprint density at radius 2 is 1.50 bits per heavy atom. The van der Waals surface area contributed by atoms with Crippen LogP contribution in [-0.2, 0) is 20.1 Å². The molecule has 2 saturated heterocycles. The molecule has 4 amide bonds. The van der Waals surface area contributed by atoms with Crippen molar-refractivity contribution in [2.75, 3.05) is 31.1 Å². The van der Waals surface area contributed by atoms with Crippen LogP contribution in [0.3, 0.4) is 0 Å². The van der Waals surface area contributed by atoms with Gasteiger partial charge in [0.25, 0.3) is 29.2 Å². The molecule has 3 aliphatic heterocycles. The highest BCUT2D eigenvalue weighted by Crippen LogP contribution is 2.29. The van der Waals surface area contributed by atoms with Crippen LogP contribution >= 0.6 is 0 Å². The first-order chi connectivity index (χ1) is 30.0. The van der Waals surface area contributed by atoms with Crippen molar-refractivity contribution in [1.29, 1.82) is 0 Å². The summed E-state index contributed by atoms with van der Waals surface area (Å²) in [6.07, 6.45) is 2.49. The molecule has 0 bridgehead atoms. The summed E-state index contributed by atoms with van der Waals surface area (Å²) in [5, 5.41) is 4.03. The van der Waals surface area contributed by atoms with Crippen molar-refractivity contribution in [1.82, 2.24) is 43.8 Å². The van der Waals surface area contributed by atoms with Gasteiger partial charge in [-0.1, -0.05) is 48.4 Å². The van der Waals surface area contributed by atoms with Gasteiger partial charge in [-0.25, -0.2) is 14.8 Å². The average Bonchev–Trinajstić information content (AvgIpc) is 3.80. The quantitative estimate of drug-likeness (QED) is 0.176. The van der Waals surface area contributed by atoms with Gasteiger partial charge in [0.15, 0.2) is 11.2 Å². The van der Waals surface area contributed by atoms with Gasteiger partial charge in [-0.2, -0.15) is 4.98 Å². The lowest BCUT2D eigenvalue weighted by Crippen LogP contribution is -2.52. The Bertz CT molecular complexity index is 2990. The third-order valence-corrected chi connectivity index (χ3v) is 12.1. The number of para-hydroxylation sites is 1. The number of anilines is 1. The maximum absolute atomic E-state index is 14.3. The normalized spacial score (nSPS) is 17.6. The van der Waals surface area contributed by atoms with Gasteiger partial charge in [0, 0.05) is 50.3 Å². The Morgan fingerprint density at radius 1 is 0.806 bits per heavy atom. The molecule has 16 nitrogen and oxygen atoms in total. The van der Waals surface area contributed by atoms with Crippen LogP contribution in [0.5, 0.6) is 0 Å². The molecule has 9 rings (SSSR count). The Kier molecular flexibility index (Phi) is 10.5. The Hall–Kier alpha value is -7.41. The van der Waals surface area contributed by atoms with Crippen LogP contribution < -0.4 is 21.5 Å². The van der Waals surface area contributed by atoms with Gasteiger partial charge in [0.1, 0.15) is 5.82 Å². The summed E-state index contributed by atoms with van der Waals surface area (Å²) >= 11 is 0. The zero-order chi connectivity index (χ0) is 43.2. The van der Waals surface area contributed by atoms with Crippen molar-refractivity contribution in [3.05, 3.63) is 127 Å². The fourth-order valence-electron chi connectivity index (χ4n) is 9.02. The molecule has 0 saturated carbocycles. The van der Waals surface area contributed by atoms with E-state index in [1.54, 1.807) is 72.0 Å². The van der Waals surface area contributed by atoms with E-state index in [0.29, 0.717) is 73.7 Å². The molecular formula is C46H44N10O6. The van der Waals surface area contributed by atoms with Crippen LogP contribution in [0.1, 0.15) is 85.6 Å². The van der Waals surface area contributed by atoms with Crippen LogP contribution in [0.25, 0.3) is 22.1 Å². The molecule has 3 aromatic heterocycles. The fourth-order valence-corrected chi connectivity index (χ4v) is 9.02. The summed E-state index contributed by atoms with van der Waals surface area (Å²) in [7, 11) is 1.58. The van der Waals surface area contributed by atoms with E-state index in [1.165, 1.54) is 9.47 Å². The van der Waals surface area contributed by atoms with E-state index in [2.05, 4.69) is 27.1 Å². The van der Waals surface area contributed by atoms with Gasteiger partial charge >= 0.3 is 5.69 Å². The van der Waals surface area contributed by atoms with E-state index in [-0.39, 0.29) is 65.7 Å². The number of amides is 4. The monoisotopic (exact) mass is 832 g/mol. The average molecular weight is 833 g/mol. The predicted octanol–water partition coefficient (Wildman–Crippen LogP) is 3.52. The van der Waals surface area contributed by atoms with Crippen LogP contribution in [0, 0.1) is 18.8 Å². The first kappa shape index (κ1) is 40.0. The molecule has 0 radical (unpaired) electrons. The lowest BCUT2D eigenvalue weighted by Gasteiger charge is -2.37. The summed E-state index contributed by atoms with van der Waals surface area (Å²) in [6, 6.07) is 20.1. The van der Waals surface area contributed by atoms with Gasteiger partial charge in [-0.15, -0.1) is 5.92 Å². The number of nitrogens with one attached hydrogen (secondary N) is 1. The van der Waals surface area contributed by atoms with Gasteiger partial charge in [-0.05, 0) is 69.9 Å². The minimum Gasteiger partial charge on any atom is -0.348 e. The molecule has 314 valence electrons. The van der Waals surface area contributed by atoms with E-state index < -0.39 is 23.2 Å². The van der Waals surface area contributed by atoms with Crippen molar-refractivity contribution in [2.24, 2.45) is 7.05 Å². The topological polar surface area (TPSA) is 178 Å². The number of hydrogen-bond donors (Lipinski definition) is 1. The molecule has 3 aromatic carbocycles. The van der Waals surface area contributed by atoms with Crippen molar-refractivity contribution in [2.45, 2.75) is 64.7 Å². The molecule has 0 aliphatic carbocycles. The zero-order valence-corrected chi connectivity index (χ0v) is 34.6. The number of imide groups is 1. The number of imidazole rings is 1. The second-order valence-corrected chi connectivity index (χ2v) is 15.9. The third kappa shape index (κ3) is 6.98. The van der Waals surface area contributed by atoms with Crippen LogP contribution in [0.4, 0.5) is 5.95 Å². The summed E-state index contributed by atoms with van der Waals surface area (Å²) in [5.41, 5.74) is 1.94. The summed E-state index contributed by atoms with van der Waals surface area (Å²) < 4.78 is 4.20. The van der Waals surface area contributed by atoms with Gasteiger partial charge in [0.2, 0.25) is 5.95 Å². The fraction of sp³-hybridized carbons (Fsp3) is 0.326. The van der Waals surface area contributed by atoms with Crippen molar-refractivity contribution in [3.63, 3.8) is 0 Å².